The van der Waals surface area contributed by atoms with Gasteiger partial charge in [0.2, 0.25) is 5.91 Å². The molecule has 0 radical (unpaired) electrons. The number of amides is 1. The minimum absolute atomic E-state index is 0.117. The molecule has 3 heterocycles. The van der Waals surface area contributed by atoms with Gasteiger partial charge < -0.3 is 9.84 Å². The van der Waals surface area contributed by atoms with Crippen LogP contribution in [-0.2, 0) is 20.9 Å². The average Bonchev–Trinajstić information content (AvgIpc) is 2.96. The molecule has 0 saturated carbocycles. The molecule has 1 aromatic carbocycles. The molecule has 8 nitrogen and oxygen atoms in total. The van der Waals surface area contributed by atoms with Gasteiger partial charge in [-0.3, -0.25) is 14.6 Å². The van der Waals surface area contributed by atoms with Crippen LogP contribution >= 0.6 is 0 Å². The second kappa shape index (κ2) is 10.5. The summed E-state index contributed by atoms with van der Waals surface area (Å²) in [6.07, 6.45) is -1.42. The summed E-state index contributed by atoms with van der Waals surface area (Å²) in [4.78, 5) is 34.0. The van der Waals surface area contributed by atoms with Crippen LogP contribution in [0.5, 0.6) is 0 Å². The monoisotopic (exact) mass is 480 g/mol. The minimum atomic E-state index is -5.08. The van der Waals surface area contributed by atoms with Crippen molar-refractivity contribution in [2.75, 3.05) is 37.7 Å². The van der Waals surface area contributed by atoms with Crippen molar-refractivity contribution in [1.82, 2.24) is 14.9 Å². The van der Waals surface area contributed by atoms with Crippen molar-refractivity contribution in [2.45, 2.75) is 33.0 Å². The summed E-state index contributed by atoms with van der Waals surface area (Å²) in [7, 11) is 0. The maximum atomic E-state index is 12.7. The largest absolute Gasteiger partial charge is 0.490 e. The summed E-state index contributed by atoms with van der Waals surface area (Å²) < 4.78 is 37.7. The van der Waals surface area contributed by atoms with E-state index in [-0.39, 0.29) is 11.3 Å². The van der Waals surface area contributed by atoms with E-state index in [9.17, 15) is 18.0 Å². The molecule has 0 aliphatic carbocycles. The summed E-state index contributed by atoms with van der Waals surface area (Å²) in [6.45, 7) is 8.88. The molecule has 34 heavy (non-hydrogen) atoms. The third-order valence-electron chi connectivity index (χ3n) is 5.82. The fourth-order valence-electron chi connectivity index (χ4n) is 4.18. The highest BCUT2D eigenvalue weighted by Crippen LogP contribution is 2.36. The van der Waals surface area contributed by atoms with E-state index in [1.165, 1.54) is 23.0 Å². The number of hydrogen-bond acceptors (Lipinski definition) is 6. The molecule has 1 aromatic heterocycles. The van der Waals surface area contributed by atoms with Crippen LogP contribution in [0.4, 0.5) is 19.0 Å². The molecule has 184 valence electrons. The first-order valence-corrected chi connectivity index (χ1v) is 10.7. The average molecular weight is 480 g/mol. The van der Waals surface area contributed by atoms with Crippen molar-refractivity contribution in [2.24, 2.45) is 5.41 Å². The molecular formula is C23H27F3N4O4. The lowest BCUT2D eigenvalue weighted by Crippen LogP contribution is -2.40. The first-order chi connectivity index (χ1) is 16.0. The number of carbonyl (C=O) groups excluding carboxylic acids is 1. The molecule has 2 aliphatic rings. The Hall–Kier alpha value is -3.05. The van der Waals surface area contributed by atoms with Gasteiger partial charge in [0.1, 0.15) is 12.1 Å². The van der Waals surface area contributed by atoms with Crippen LogP contribution in [0.1, 0.15) is 23.1 Å². The quantitative estimate of drug-likeness (QED) is 0.722. The van der Waals surface area contributed by atoms with Gasteiger partial charge in [0.15, 0.2) is 0 Å². The van der Waals surface area contributed by atoms with E-state index in [4.69, 9.17) is 14.6 Å². The summed E-state index contributed by atoms with van der Waals surface area (Å²) >= 11 is 0. The Morgan fingerprint density at radius 2 is 1.97 bits per heavy atom. The lowest BCUT2D eigenvalue weighted by molar-refractivity contribution is -0.192. The Bertz CT molecular complexity index is 1020. The number of anilines is 1. The second-order valence-electron chi connectivity index (χ2n) is 8.72. The molecule has 2 aromatic rings. The van der Waals surface area contributed by atoms with E-state index in [2.05, 4.69) is 46.9 Å². The van der Waals surface area contributed by atoms with Crippen molar-refractivity contribution in [3.8, 4) is 0 Å². The van der Waals surface area contributed by atoms with Crippen LogP contribution in [0.25, 0.3) is 0 Å². The molecule has 1 unspecified atom stereocenters. The van der Waals surface area contributed by atoms with Crippen LogP contribution in [0.15, 0.2) is 36.8 Å². The summed E-state index contributed by atoms with van der Waals surface area (Å²) in [5.41, 5.74) is 3.76. The van der Waals surface area contributed by atoms with E-state index in [1.54, 1.807) is 17.2 Å². The highest BCUT2D eigenvalue weighted by molar-refractivity contribution is 5.95. The highest BCUT2D eigenvalue weighted by atomic mass is 19.4. The predicted octanol–water partition coefficient (Wildman–Crippen LogP) is 2.98. The lowest BCUT2D eigenvalue weighted by atomic mass is 9.87. The molecule has 1 N–H and O–H groups in total. The second-order valence-corrected chi connectivity index (χ2v) is 8.72. The fourth-order valence-corrected chi connectivity index (χ4v) is 4.18. The van der Waals surface area contributed by atoms with Gasteiger partial charge in [-0.2, -0.15) is 13.2 Å². The number of rotatable bonds is 3. The number of benzene rings is 1. The zero-order valence-electron chi connectivity index (χ0n) is 19.0. The number of carboxylic acids is 1. The Labute approximate surface area is 195 Å². The third kappa shape index (κ3) is 6.51. The molecule has 2 fully saturated rings. The maximum absolute atomic E-state index is 12.7. The zero-order chi connectivity index (χ0) is 24.9. The number of ether oxygens (including phenoxy) is 1. The first kappa shape index (κ1) is 25.6. The molecule has 1 spiro atoms. The van der Waals surface area contributed by atoms with E-state index in [1.807, 2.05) is 0 Å². The van der Waals surface area contributed by atoms with Gasteiger partial charge in [0.25, 0.3) is 0 Å². The summed E-state index contributed by atoms with van der Waals surface area (Å²) in [5, 5.41) is 7.12. The molecule has 0 bridgehead atoms. The number of aromatic nitrogens is 2. The minimum Gasteiger partial charge on any atom is -0.475 e. The summed E-state index contributed by atoms with van der Waals surface area (Å²) in [5.74, 6) is -1.96. The number of hydrogen-bond donors (Lipinski definition) is 1. The van der Waals surface area contributed by atoms with Gasteiger partial charge in [-0.15, -0.1) is 0 Å². The molecule has 4 rings (SSSR count). The van der Waals surface area contributed by atoms with Crippen molar-refractivity contribution in [3.63, 3.8) is 0 Å². The number of aryl methyl sites for hydroxylation is 2. The maximum Gasteiger partial charge on any atom is 0.490 e. The van der Waals surface area contributed by atoms with Gasteiger partial charge in [0.05, 0.1) is 13.2 Å². The van der Waals surface area contributed by atoms with Crippen molar-refractivity contribution < 1.29 is 32.6 Å². The van der Waals surface area contributed by atoms with Crippen LogP contribution in [0, 0.1) is 19.3 Å². The van der Waals surface area contributed by atoms with Gasteiger partial charge in [-0.25, -0.2) is 14.8 Å². The number of halogens is 3. The number of nitrogens with zero attached hydrogens (tertiary/aromatic N) is 4. The van der Waals surface area contributed by atoms with Crippen molar-refractivity contribution in [1.29, 1.82) is 0 Å². The van der Waals surface area contributed by atoms with Gasteiger partial charge in [0, 0.05) is 44.2 Å². The number of carbonyl (C=O) groups is 2. The van der Waals surface area contributed by atoms with Crippen molar-refractivity contribution >= 4 is 17.7 Å². The van der Waals surface area contributed by atoms with Gasteiger partial charge >= 0.3 is 12.1 Å². The van der Waals surface area contributed by atoms with Gasteiger partial charge in [-0.05, 0) is 31.0 Å². The standard InChI is InChI=1S/C21H26N4O2.C2HF3O2/c1-16-3-4-17(2)18(9-16)11-24-7-8-27-14-21(12-24)10-20(26)25(13-21)19-5-6-22-15-23-19;3-2(4,5)1(6)7/h3-6,9,15H,7-8,10-14H2,1-2H3;(H,6,7). The molecule has 1 atom stereocenters. The van der Waals surface area contributed by atoms with E-state index >= 15 is 0 Å². The Kier molecular flexibility index (Phi) is 7.88. The lowest BCUT2D eigenvalue weighted by Gasteiger charge is -2.31. The SMILES string of the molecule is Cc1ccc(C)c(CN2CCOCC3(CC(=O)N(c4ccncn4)C3)C2)c1.O=C(O)C(F)(F)F. The van der Waals surface area contributed by atoms with E-state index in [0.717, 1.165) is 19.6 Å². The van der Waals surface area contributed by atoms with Gasteiger partial charge in [-0.1, -0.05) is 23.8 Å². The first-order valence-electron chi connectivity index (χ1n) is 10.7. The van der Waals surface area contributed by atoms with Crippen molar-refractivity contribution in [3.05, 3.63) is 53.5 Å². The van der Waals surface area contributed by atoms with Crippen LogP contribution in [0.3, 0.4) is 0 Å². The number of alkyl halides is 3. The molecular weight excluding hydrogens is 453 g/mol. The zero-order valence-corrected chi connectivity index (χ0v) is 19.0. The molecule has 2 aliphatic heterocycles. The highest BCUT2D eigenvalue weighted by Gasteiger charge is 2.46. The fraction of sp³-hybridized carbons (Fsp3) is 0.478. The topological polar surface area (TPSA) is 95.9 Å². The smallest absolute Gasteiger partial charge is 0.475 e. The van der Waals surface area contributed by atoms with E-state index in [0.29, 0.717) is 32.0 Å². The van der Waals surface area contributed by atoms with E-state index < -0.39 is 12.1 Å². The normalized spacial score (nSPS) is 21.2. The third-order valence-corrected chi connectivity index (χ3v) is 5.82. The van der Waals surface area contributed by atoms with Crippen LogP contribution in [-0.4, -0.2) is 70.9 Å². The predicted molar refractivity (Wildman–Crippen MR) is 117 cm³/mol. The molecule has 2 saturated heterocycles. The van der Waals surface area contributed by atoms with Crippen LogP contribution in [0.2, 0.25) is 0 Å². The number of carboxylic acid groups (broad SMARTS) is 1. The Balaban J connectivity index is 0.000000406. The Morgan fingerprint density at radius 3 is 2.62 bits per heavy atom. The number of aliphatic carboxylic acids is 1. The summed E-state index contributed by atoms with van der Waals surface area (Å²) in [6, 6.07) is 8.40. The molecule has 1 amide bonds. The Morgan fingerprint density at radius 1 is 1.24 bits per heavy atom. The van der Waals surface area contributed by atoms with Crippen LogP contribution < -0.4 is 4.90 Å². The molecule has 11 heteroatoms.